The number of methoxy groups -OCH3 is 1. The molecule has 38 heavy (non-hydrogen) atoms. The van der Waals surface area contributed by atoms with Crippen molar-refractivity contribution >= 4 is 11.9 Å². The van der Waals surface area contributed by atoms with E-state index < -0.39 is 0 Å². The van der Waals surface area contributed by atoms with Crippen LogP contribution in [0.25, 0.3) is 11.1 Å². The molecule has 5 rings (SSSR count). The van der Waals surface area contributed by atoms with Gasteiger partial charge in [0, 0.05) is 43.5 Å². The van der Waals surface area contributed by atoms with Crippen LogP contribution in [0.1, 0.15) is 55.4 Å². The zero-order chi connectivity index (χ0) is 26.9. The summed E-state index contributed by atoms with van der Waals surface area (Å²) in [6.07, 6.45) is 5.20. The molecule has 7 nitrogen and oxygen atoms in total. The van der Waals surface area contributed by atoms with Crippen molar-refractivity contribution in [2.24, 2.45) is 5.92 Å². The monoisotopic (exact) mass is 512 g/mol. The molecule has 0 bridgehead atoms. The van der Waals surface area contributed by atoms with E-state index in [4.69, 9.17) is 4.74 Å². The predicted molar refractivity (Wildman–Crippen MR) is 148 cm³/mol. The molecule has 1 fully saturated rings. The predicted octanol–water partition coefficient (Wildman–Crippen LogP) is 5.04. The number of aromatic nitrogens is 1. The van der Waals surface area contributed by atoms with E-state index in [9.17, 15) is 9.59 Å². The fourth-order valence-corrected chi connectivity index (χ4v) is 5.30. The maximum absolute atomic E-state index is 13.0. The third kappa shape index (κ3) is 5.67. The number of rotatable bonds is 6. The third-order valence-corrected chi connectivity index (χ3v) is 7.35. The molecule has 3 amide bonds. The topological polar surface area (TPSA) is 83.6 Å². The van der Waals surface area contributed by atoms with Gasteiger partial charge in [-0.3, -0.25) is 9.78 Å². The molecule has 1 aliphatic heterocycles. The van der Waals surface area contributed by atoms with E-state index in [2.05, 4.69) is 33.8 Å². The van der Waals surface area contributed by atoms with Crippen LogP contribution in [0.15, 0.2) is 60.9 Å². The molecule has 1 aromatic heterocycles. The minimum Gasteiger partial charge on any atom is -0.497 e. The van der Waals surface area contributed by atoms with Gasteiger partial charge in [0.1, 0.15) is 5.75 Å². The highest BCUT2D eigenvalue weighted by atomic mass is 16.5. The first-order valence-electron chi connectivity index (χ1n) is 13.3. The Balaban J connectivity index is 1.38. The lowest BCUT2D eigenvalue weighted by Gasteiger charge is -2.34. The van der Waals surface area contributed by atoms with Crippen LogP contribution in [0.2, 0.25) is 0 Å². The van der Waals surface area contributed by atoms with Crippen molar-refractivity contribution in [3.8, 4) is 16.9 Å². The first-order valence-corrected chi connectivity index (χ1v) is 13.3. The summed E-state index contributed by atoms with van der Waals surface area (Å²) >= 11 is 0. The normalized spacial score (nSPS) is 18.4. The number of nitrogens with one attached hydrogen (secondary N) is 2. The maximum Gasteiger partial charge on any atom is 0.318 e. The van der Waals surface area contributed by atoms with E-state index in [1.807, 2.05) is 62.2 Å². The van der Waals surface area contributed by atoms with Gasteiger partial charge in [-0.15, -0.1) is 0 Å². The van der Waals surface area contributed by atoms with E-state index in [0.717, 1.165) is 46.4 Å². The van der Waals surface area contributed by atoms with Gasteiger partial charge in [0.2, 0.25) is 5.91 Å². The van der Waals surface area contributed by atoms with E-state index in [1.165, 1.54) is 5.56 Å². The van der Waals surface area contributed by atoms with Crippen molar-refractivity contribution in [1.82, 2.24) is 20.5 Å². The number of ether oxygens (including phenoxy) is 1. The molecule has 1 aliphatic carbocycles. The van der Waals surface area contributed by atoms with Crippen molar-refractivity contribution < 1.29 is 14.3 Å². The lowest BCUT2D eigenvalue weighted by atomic mass is 9.87. The van der Waals surface area contributed by atoms with Crippen molar-refractivity contribution in [1.29, 1.82) is 0 Å². The Morgan fingerprint density at radius 3 is 2.68 bits per heavy atom. The minimum atomic E-state index is -0.314. The molecule has 7 heteroatoms. The molecular formula is C31H36N4O3. The van der Waals surface area contributed by atoms with Crippen molar-refractivity contribution in [3.63, 3.8) is 0 Å². The summed E-state index contributed by atoms with van der Waals surface area (Å²) in [5, 5.41) is 6.26. The number of pyridine rings is 1. The van der Waals surface area contributed by atoms with Gasteiger partial charge in [-0.2, -0.15) is 0 Å². The fourth-order valence-electron chi connectivity index (χ4n) is 5.30. The summed E-state index contributed by atoms with van der Waals surface area (Å²) < 4.78 is 5.46. The summed E-state index contributed by atoms with van der Waals surface area (Å²) in [6.45, 7) is 7.53. The second-order valence-electron chi connectivity index (χ2n) is 11.3. The van der Waals surface area contributed by atoms with Crippen LogP contribution in [-0.4, -0.2) is 41.0 Å². The Morgan fingerprint density at radius 1 is 1.11 bits per heavy atom. The third-order valence-electron chi connectivity index (χ3n) is 7.35. The number of carbonyl (C=O) groups is 2. The summed E-state index contributed by atoms with van der Waals surface area (Å²) in [7, 11) is 1.67. The number of nitrogens with zero attached hydrogens (tertiary/aromatic N) is 2. The smallest absolute Gasteiger partial charge is 0.318 e. The summed E-state index contributed by atoms with van der Waals surface area (Å²) in [5.74, 6) is 1.11. The molecule has 0 unspecified atom stereocenters. The molecule has 1 saturated carbocycles. The van der Waals surface area contributed by atoms with Crippen LogP contribution >= 0.6 is 0 Å². The number of benzene rings is 2. The Labute approximate surface area is 224 Å². The summed E-state index contributed by atoms with van der Waals surface area (Å²) in [6, 6.07) is 16.2. The minimum absolute atomic E-state index is 0.0138. The second kappa shape index (κ2) is 10.5. The zero-order valence-electron chi connectivity index (χ0n) is 22.6. The molecule has 0 radical (unpaired) electrons. The largest absolute Gasteiger partial charge is 0.497 e. The lowest BCUT2D eigenvalue weighted by molar-refractivity contribution is -0.122. The van der Waals surface area contributed by atoms with Crippen molar-refractivity contribution in [2.75, 3.05) is 13.7 Å². The number of hydrogen-bond donors (Lipinski definition) is 2. The Kier molecular flexibility index (Phi) is 7.11. The van der Waals surface area contributed by atoms with E-state index >= 15 is 0 Å². The highest BCUT2D eigenvalue weighted by molar-refractivity contribution is 5.83. The van der Waals surface area contributed by atoms with Crippen LogP contribution < -0.4 is 15.4 Å². The van der Waals surface area contributed by atoms with Crippen LogP contribution in [0.5, 0.6) is 5.75 Å². The second-order valence-corrected chi connectivity index (χ2v) is 11.3. The quantitative estimate of drug-likeness (QED) is 0.485. The van der Waals surface area contributed by atoms with Crippen LogP contribution in [0.3, 0.4) is 0 Å². The molecule has 0 saturated heterocycles. The molecular weight excluding hydrogens is 476 g/mol. The summed E-state index contributed by atoms with van der Waals surface area (Å²) in [5.41, 5.74) is 6.42. The van der Waals surface area contributed by atoms with Gasteiger partial charge in [0.25, 0.3) is 0 Å². The molecule has 2 heterocycles. The molecule has 2 aromatic carbocycles. The molecule has 2 atom stereocenters. The Morgan fingerprint density at radius 2 is 1.95 bits per heavy atom. The van der Waals surface area contributed by atoms with Gasteiger partial charge < -0.3 is 20.3 Å². The zero-order valence-corrected chi connectivity index (χ0v) is 22.6. The number of amides is 3. The summed E-state index contributed by atoms with van der Waals surface area (Å²) in [4.78, 5) is 32.1. The van der Waals surface area contributed by atoms with E-state index in [-0.39, 0.29) is 29.3 Å². The number of urea groups is 1. The van der Waals surface area contributed by atoms with Gasteiger partial charge in [-0.05, 0) is 91.1 Å². The molecule has 198 valence electrons. The first kappa shape index (κ1) is 25.8. The van der Waals surface area contributed by atoms with Crippen LogP contribution in [0, 0.1) is 5.92 Å². The molecule has 0 spiro atoms. The molecule has 2 N–H and O–H groups in total. The van der Waals surface area contributed by atoms with Gasteiger partial charge in [-0.1, -0.05) is 30.3 Å². The average Bonchev–Trinajstić information content (AvgIpc) is 3.72. The standard InChI is InChI=1S/C31H36N4O3/c1-31(2,3)34-30(37)35-14-12-25-24(20-7-5-9-23(15-20)38-4)11-10-22(28(25)19-35)18-33-29(36)27-16-26(27)21-8-6-13-32-17-21/h5-11,13,15,17,26-27H,12,14,16,18-19H2,1-4H3,(H,33,36)(H,34,37)/t26-,27+/m0/s1. The maximum atomic E-state index is 13.0. The highest BCUT2D eigenvalue weighted by Gasteiger charge is 2.44. The van der Waals surface area contributed by atoms with Gasteiger partial charge in [0.15, 0.2) is 0 Å². The lowest BCUT2D eigenvalue weighted by Crippen LogP contribution is -2.50. The first-order chi connectivity index (χ1) is 18.2. The van der Waals surface area contributed by atoms with E-state index in [1.54, 1.807) is 13.3 Å². The molecule has 3 aromatic rings. The number of carbonyl (C=O) groups excluding carboxylic acids is 2. The number of fused-ring (bicyclic) bond motifs is 1. The molecule has 2 aliphatic rings. The van der Waals surface area contributed by atoms with Crippen molar-refractivity contribution in [3.05, 3.63) is 83.2 Å². The SMILES string of the molecule is COc1cccc(-c2ccc(CNC(=O)[C@@H]3C[C@H]3c3cccnc3)c3c2CCN(C(=O)NC(C)(C)C)C3)c1. The average molecular weight is 513 g/mol. The van der Waals surface area contributed by atoms with E-state index in [0.29, 0.717) is 19.6 Å². The van der Waals surface area contributed by atoms with Gasteiger partial charge in [-0.25, -0.2) is 4.79 Å². The Hall–Kier alpha value is -3.87. The van der Waals surface area contributed by atoms with Gasteiger partial charge >= 0.3 is 6.03 Å². The Bertz CT molecular complexity index is 1330. The van der Waals surface area contributed by atoms with Crippen LogP contribution in [0.4, 0.5) is 4.79 Å². The van der Waals surface area contributed by atoms with Gasteiger partial charge in [0.05, 0.1) is 7.11 Å². The number of hydrogen-bond acceptors (Lipinski definition) is 4. The fraction of sp³-hybridized carbons (Fsp3) is 0.387. The van der Waals surface area contributed by atoms with Crippen molar-refractivity contribution in [2.45, 2.75) is 58.2 Å². The van der Waals surface area contributed by atoms with Crippen LogP contribution in [-0.2, 0) is 24.3 Å². The highest BCUT2D eigenvalue weighted by Crippen LogP contribution is 2.47.